The molecule has 8 nitrogen and oxygen atoms in total. The van der Waals surface area contributed by atoms with E-state index in [4.69, 9.17) is 5.11 Å². The summed E-state index contributed by atoms with van der Waals surface area (Å²) < 4.78 is 17.0. The number of rotatable bonds is 5. The number of anilines is 2. The maximum atomic E-state index is 14.2. The van der Waals surface area contributed by atoms with Gasteiger partial charge < -0.3 is 15.5 Å². The predicted octanol–water partition coefficient (Wildman–Crippen LogP) is 1.09. The molecule has 1 unspecified atom stereocenters. The molecule has 3 rings (SSSR count). The Morgan fingerprint density at radius 3 is 2.70 bits per heavy atom. The number of nitrogens with one attached hydrogen (secondary N) is 1. The van der Waals surface area contributed by atoms with E-state index in [-0.39, 0.29) is 29.0 Å². The van der Waals surface area contributed by atoms with Crippen molar-refractivity contribution in [1.29, 1.82) is 0 Å². The molecule has 2 heterocycles. The summed E-state index contributed by atoms with van der Waals surface area (Å²) in [4.78, 5) is 29.2. The van der Waals surface area contributed by atoms with Crippen LogP contribution in [-0.2, 0) is 13.6 Å². The average Bonchev–Trinajstić information content (AvgIpc) is 2.63. The van der Waals surface area contributed by atoms with Crippen molar-refractivity contribution in [2.24, 2.45) is 7.05 Å². The van der Waals surface area contributed by atoms with Crippen LogP contribution in [0.4, 0.5) is 15.8 Å². The largest absolute Gasteiger partial charge is 0.394 e. The molecule has 0 radical (unpaired) electrons. The van der Waals surface area contributed by atoms with Gasteiger partial charge in [0.05, 0.1) is 37.0 Å². The number of pyridine rings is 1. The van der Waals surface area contributed by atoms with Crippen LogP contribution in [0.5, 0.6) is 0 Å². The van der Waals surface area contributed by atoms with Crippen LogP contribution in [0.25, 0.3) is 11.0 Å². The minimum Gasteiger partial charge on any atom is -0.394 e. The standard InChI is InChI=1S/C17H16BrFN4O4/c1-22-14(26)5-13(21-12-3-2-9(18)4-11(12)19)15-16(22)20-8-23(17(15)27)6-10(25)7-24/h2-5,8,10,21,24-25H,6-7H2,1H3. The minimum atomic E-state index is -1.14. The molecule has 0 saturated heterocycles. The van der Waals surface area contributed by atoms with Crippen molar-refractivity contribution < 1.29 is 14.6 Å². The molecule has 0 saturated carbocycles. The van der Waals surface area contributed by atoms with E-state index in [1.54, 1.807) is 6.07 Å². The molecule has 0 spiro atoms. The van der Waals surface area contributed by atoms with Crippen LogP contribution in [0, 0.1) is 5.82 Å². The molecular formula is C17H16BrFN4O4. The maximum Gasteiger partial charge on any atom is 0.264 e. The van der Waals surface area contributed by atoms with Gasteiger partial charge in [-0.25, -0.2) is 9.37 Å². The van der Waals surface area contributed by atoms with Crippen LogP contribution in [0.1, 0.15) is 0 Å². The summed E-state index contributed by atoms with van der Waals surface area (Å²) >= 11 is 3.16. The van der Waals surface area contributed by atoms with E-state index in [9.17, 15) is 19.1 Å². The van der Waals surface area contributed by atoms with Gasteiger partial charge >= 0.3 is 0 Å². The van der Waals surface area contributed by atoms with Crippen molar-refractivity contribution in [3.05, 3.63) is 61.6 Å². The third-order valence-corrected chi connectivity index (χ3v) is 4.52. The van der Waals surface area contributed by atoms with Gasteiger partial charge in [-0.3, -0.25) is 18.7 Å². The molecule has 0 aliphatic rings. The van der Waals surface area contributed by atoms with Crippen molar-refractivity contribution in [1.82, 2.24) is 14.1 Å². The SMILES string of the molecule is Cn1c(=O)cc(Nc2ccc(Br)cc2F)c2c(=O)n(CC(O)CO)cnc21. The Kier molecular flexibility index (Phi) is 5.40. The average molecular weight is 439 g/mol. The summed E-state index contributed by atoms with van der Waals surface area (Å²) in [6, 6.07) is 5.51. The number of benzene rings is 1. The van der Waals surface area contributed by atoms with Crippen molar-refractivity contribution in [2.45, 2.75) is 12.6 Å². The Hall–Kier alpha value is -2.56. The fourth-order valence-electron chi connectivity index (χ4n) is 2.62. The molecular weight excluding hydrogens is 423 g/mol. The number of hydrogen-bond acceptors (Lipinski definition) is 6. The number of hydrogen-bond donors (Lipinski definition) is 3. The normalized spacial score (nSPS) is 12.3. The summed E-state index contributed by atoms with van der Waals surface area (Å²) in [5.41, 5.74) is -0.675. The lowest BCUT2D eigenvalue weighted by Gasteiger charge is -2.15. The summed E-state index contributed by atoms with van der Waals surface area (Å²) in [6.45, 7) is -0.694. The molecule has 10 heteroatoms. The van der Waals surface area contributed by atoms with E-state index in [0.29, 0.717) is 4.47 Å². The van der Waals surface area contributed by atoms with Crippen LogP contribution >= 0.6 is 15.9 Å². The predicted molar refractivity (Wildman–Crippen MR) is 102 cm³/mol. The number of aryl methyl sites for hydroxylation is 1. The zero-order chi connectivity index (χ0) is 19.7. The second-order valence-corrected chi connectivity index (χ2v) is 6.86. The highest BCUT2D eigenvalue weighted by Gasteiger charge is 2.16. The molecule has 0 bridgehead atoms. The second-order valence-electron chi connectivity index (χ2n) is 5.94. The summed E-state index contributed by atoms with van der Waals surface area (Å²) in [6.07, 6.45) is 0.0438. The highest BCUT2D eigenvalue weighted by atomic mass is 79.9. The Bertz CT molecular complexity index is 1130. The topological polar surface area (TPSA) is 109 Å². The van der Waals surface area contributed by atoms with Gasteiger partial charge in [0.2, 0.25) is 0 Å². The first-order chi connectivity index (χ1) is 12.8. The number of halogens is 2. The van der Waals surface area contributed by atoms with E-state index in [1.165, 1.54) is 36.1 Å². The number of aromatic nitrogens is 3. The first-order valence-corrected chi connectivity index (χ1v) is 8.71. The molecule has 1 atom stereocenters. The lowest BCUT2D eigenvalue weighted by atomic mass is 10.2. The molecule has 3 N–H and O–H groups in total. The summed E-state index contributed by atoms with van der Waals surface area (Å²) in [5, 5.41) is 21.4. The van der Waals surface area contributed by atoms with Crippen LogP contribution in [0.15, 0.2) is 44.7 Å². The van der Waals surface area contributed by atoms with Gasteiger partial charge in [-0.05, 0) is 18.2 Å². The molecule has 2 aromatic heterocycles. The molecule has 3 aromatic rings. The van der Waals surface area contributed by atoms with E-state index >= 15 is 0 Å². The highest BCUT2D eigenvalue weighted by molar-refractivity contribution is 9.10. The molecule has 1 aromatic carbocycles. The summed E-state index contributed by atoms with van der Waals surface area (Å²) in [7, 11) is 1.47. The van der Waals surface area contributed by atoms with E-state index in [0.717, 1.165) is 4.57 Å². The molecule has 27 heavy (non-hydrogen) atoms. The number of aliphatic hydroxyl groups is 2. The van der Waals surface area contributed by atoms with Crippen molar-refractivity contribution in [3.8, 4) is 0 Å². The second kappa shape index (κ2) is 7.59. The number of aliphatic hydroxyl groups excluding tert-OH is 2. The Balaban J connectivity index is 2.21. The highest BCUT2D eigenvalue weighted by Crippen LogP contribution is 2.25. The summed E-state index contributed by atoms with van der Waals surface area (Å²) in [5.74, 6) is -0.571. The molecule has 142 valence electrons. The fraction of sp³-hybridized carbons (Fsp3) is 0.235. The zero-order valence-corrected chi connectivity index (χ0v) is 15.8. The van der Waals surface area contributed by atoms with Gasteiger partial charge in [0.25, 0.3) is 11.1 Å². The van der Waals surface area contributed by atoms with Crippen LogP contribution < -0.4 is 16.4 Å². The van der Waals surface area contributed by atoms with Gasteiger partial charge in [0.1, 0.15) is 11.2 Å². The van der Waals surface area contributed by atoms with E-state index < -0.39 is 29.6 Å². The van der Waals surface area contributed by atoms with Gasteiger partial charge in [-0.15, -0.1) is 0 Å². The monoisotopic (exact) mass is 438 g/mol. The van der Waals surface area contributed by atoms with Gasteiger partial charge in [-0.2, -0.15) is 0 Å². The Labute approximate surface area is 160 Å². The molecule has 0 amide bonds. The third kappa shape index (κ3) is 3.77. The number of nitrogens with zero attached hydrogens (tertiary/aromatic N) is 3. The van der Waals surface area contributed by atoms with Crippen molar-refractivity contribution in [3.63, 3.8) is 0 Å². The maximum absolute atomic E-state index is 14.2. The van der Waals surface area contributed by atoms with Crippen LogP contribution in [0.3, 0.4) is 0 Å². The van der Waals surface area contributed by atoms with Gasteiger partial charge in [0, 0.05) is 17.6 Å². The molecule has 0 aliphatic heterocycles. The van der Waals surface area contributed by atoms with Crippen molar-refractivity contribution in [2.75, 3.05) is 11.9 Å². The van der Waals surface area contributed by atoms with Crippen LogP contribution in [-0.4, -0.2) is 37.0 Å². The van der Waals surface area contributed by atoms with Crippen molar-refractivity contribution >= 4 is 38.3 Å². The first kappa shape index (κ1) is 19.2. The van der Waals surface area contributed by atoms with E-state index in [2.05, 4.69) is 26.2 Å². The van der Waals surface area contributed by atoms with Gasteiger partial charge in [0.15, 0.2) is 5.65 Å². The molecule has 0 aliphatic carbocycles. The van der Waals surface area contributed by atoms with E-state index in [1.807, 2.05) is 0 Å². The minimum absolute atomic E-state index is 0.0621. The lowest BCUT2D eigenvalue weighted by Crippen LogP contribution is -2.31. The number of fused-ring (bicyclic) bond motifs is 1. The Morgan fingerprint density at radius 2 is 2.04 bits per heavy atom. The fourth-order valence-corrected chi connectivity index (χ4v) is 2.95. The van der Waals surface area contributed by atoms with Gasteiger partial charge in [-0.1, -0.05) is 15.9 Å². The zero-order valence-electron chi connectivity index (χ0n) is 14.2. The Morgan fingerprint density at radius 1 is 1.30 bits per heavy atom. The quantitative estimate of drug-likeness (QED) is 0.550. The first-order valence-electron chi connectivity index (χ1n) is 7.92. The van der Waals surface area contributed by atoms with Crippen LogP contribution in [0.2, 0.25) is 0 Å². The third-order valence-electron chi connectivity index (χ3n) is 4.02. The lowest BCUT2D eigenvalue weighted by molar-refractivity contribution is 0.0802. The smallest absolute Gasteiger partial charge is 0.264 e. The molecule has 0 fully saturated rings.